The van der Waals surface area contributed by atoms with Crippen LogP contribution < -0.4 is 10.5 Å². The molecule has 0 fully saturated rings. The molecule has 0 saturated heterocycles. The van der Waals surface area contributed by atoms with Gasteiger partial charge in [0.25, 0.3) is 10.0 Å². The Bertz CT molecular complexity index is 700. The van der Waals surface area contributed by atoms with Crippen molar-refractivity contribution in [3.8, 4) is 0 Å². The first-order valence-corrected chi connectivity index (χ1v) is 7.92. The Morgan fingerprint density at radius 1 is 1.37 bits per heavy atom. The molecule has 0 unspecified atom stereocenters. The van der Waals surface area contributed by atoms with Gasteiger partial charge in [-0.15, -0.1) is 11.3 Å². The van der Waals surface area contributed by atoms with Gasteiger partial charge in [-0.25, -0.2) is 12.8 Å². The van der Waals surface area contributed by atoms with Gasteiger partial charge in [-0.1, -0.05) is 11.6 Å². The Balaban J connectivity index is 2.39. The normalized spacial score (nSPS) is 11.5. The van der Waals surface area contributed by atoms with E-state index in [1.807, 2.05) is 0 Å². The fourth-order valence-corrected chi connectivity index (χ4v) is 4.06. The summed E-state index contributed by atoms with van der Waals surface area (Å²) in [5.74, 6) is -0.697. The maximum atomic E-state index is 13.5. The lowest BCUT2D eigenvalue weighted by Crippen LogP contribution is -2.15. The number of nitrogens with one attached hydrogen (secondary N) is 1. The molecule has 102 valence electrons. The highest BCUT2D eigenvalue weighted by Crippen LogP contribution is 2.26. The van der Waals surface area contributed by atoms with Gasteiger partial charge >= 0.3 is 0 Å². The summed E-state index contributed by atoms with van der Waals surface area (Å²) in [5.41, 5.74) is 5.27. The van der Waals surface area contributed by atoms with E-state index in [-0.39, 0.29) is 22.2 Å². The number of thiophene rings is 1. The quantitative estimate of drug-likeness (QED) is 0.910. The molecule has 0 amide bonds. The summed E-state index contributed by atoms with van der Waals surface area (Å²) in [4.78, 5) is 0.564. The lowest BCUT2D eigenvalue weighted by Gasteiger charge is -2.09. The molecular formula is C11H10ClFN2O2S2. The first-order valence-electron chi connectivity index (χ1n) is 5.18. The Kier molecular flexibility index (Phi) is 4.10. The first kappa shape index (κ1) is 14.3. The van der Waals surface area contributed by atoms with Crippen LogP contribution in [0.4, 0.5) is 10.1 Å². The van der Waals surface area contributed by atoms with Crippen LogP contribution >= 0.6 is 22.9 Å². The van der Waals surface area contributed by atoms with Crippen LogP contribution in [0.25, 0.3) is 0 Å². The van der Waals surface area contributed by atoms with Gasteiger partial charge in [0.2, 0.25) is 0 Å². The standard InChI is InChI=1S/C11H10ClFN2O2S2/c12-7-1-2-8(13)9(5-7)15-19(16,17)11-3-4-18-10(11)6-14/h1-5,15H,6,14H2. The molecule has 3 N–H and O–H groups in total. The van der Waals surface area contributed by atoms with E-state index in [0.717, 1.165) is 6.07 Å². The number of nitrogens with two attached hydrogens (primary N) is 1. The second-order valence-electron chi connectivity index (χ2n) is 3.64. The van der Waals surface area contributed by atoms with E-state index in [9.17, 15) is 12.8 Å². The fraction of sp³-hybridized carbons (Fsp3) is 0.0909. The van der Waals surface area contributed by atoms with Crippen LogP contribution in [0.3, 0.4) is 0 Å². The minimum atomic E-state index is -3.87. The number of anilines is 1. The molecule has 0 aliphatic heterocycles. The largest absolute Gasteiger partial charge is 0.326 e. The highest BCUT2D eigenvalue weighted by Gasteiger charge is 2.20. The number of benzene rings is 1. The zero-order valence-corrected chi connectivity index (χ0v) is 11.9. The summed E-state index contributed by atoms with van der Waals surface area (Å²) in [6, 6.07) is 5.07. The van der Waals surface area contributed by atoms with Gasteiger partial charge in [0, 0.05) is 16.4 Å². The van der Waals surface area contributed by atoms with Crippen LogP contribution in [-0.2, 0) is 16.6 Å². The van der Waals surface area contributed by atoms with E-state index in [0.29, 0.717) is 4.88 Å². The van der Waals surface area contributed by atoms with Gasteiger partial charge < -0.3 is 5.73 Å². The molecule has 0 spiro atoms. The van der Waals surface area contributed by atoms with E-state index < -0.39 is 15.8 Å². The first-order chi connectivity index (χ1) is 8.94. The number of hydrogen-bond donors (Lipinski definition) is 2. The summed E-state index contributed by atoms with van der Waals surface area (Å²) in [6.45, 7) is 0.103. The Morgan fingerprint density at radius 3 is 2.79 bits per heavy atom. The van der Waals surface area contributed by atoms with Crippen LogP contribution in [0.5, 0.6) is 0 Å². The van der Waals surface area contributed by atoms with Crippen molar-refractivity contribution < 1.29 is 12.8 Å². The van der Waals surface area contributed by atoms with Crippen molar-refractivity contribution in [3.63, 3.8) is 0 Å². The van der Waals surface area contributed by atoms with Gasteiger partial charge in [-0.05, 0) is 29.6 Å². The molecular weight excluding hydrogens is 311 g/mol. The molecule has 0 aliphatic carbocycles. The molecule has 1 aromatic heterocycles. The number of sulfonamides is 1. The fourth-order valence-electron chi connectivity index (χ4n) is 1.49. The minimum Gasteiger partial charge on any atom is -0.326 e. The topological polar surface area (TPSA) is 72.2 Å². The molecule has 0 radical (unpaired) electrons. The van der Waals surface area contributed by atoms with E-state index >= 15 is 0 Å². The van der Waals surface area contributed by atoms with Crippen molar-refractivity contribution in [1.82, 2.24) is 0 Å². The molecule has 1 aromatic carbocycles. The molecule has 19 heavy (non-hydrogen) atoms. The average Bonchev–Trinajstić information content (AvgIpc) is 2.82. The summed E-state index contributed by atoms with van der Waals surface area (Å²) < 4.78 is 40.0. The van der Waals surface area contributed by atoms with Crippen LogP contribution in [-0.4, -0.2) is 8.42 Å². The third kappa shape index (κ3) is 3.06. The predicted molar refractivity (Wildman–Crippen MR) is 74.4 cm³/mol. The predicted octanol–water partition coefficient (Wildman–Crippen LogP) is 2.80. The molecule has 8 heteroatoms. The summed E-state index contributed by atoms with van der Waals surface area (Å²) in [7, 11) is -3.87. The van der Waals surface area contributed by atoms with E-state index in [1.165, 1.54) is 29.5 Å². The van der Waals surface area contributed by atoms with Crippen LogP contribution in [0, 0.1) is 5.82 Å². The minimum absolute atomic E-state index is 0.0550. The summed E-state index contributed by atoms with van der Waals surface area (Å²) in [5, 5.41) is 1.86. The van der Waals surface area contributed by atoms with Crippen molar-refractivity contribution in [2.24, 2.45) is 5.73 Å². The van der Waals surface area contributed by atoms with Gasteiger partial charge in [0.1, 0.15) is 10.7 Å². The molecule has 1 heterocycles. The molecule has 0 aliphatic rings. The highest BCUT2D eigenvalue weighted by molar-refractivity contribution is 7.93. The third-order valence-electron chi connectivity index (χ3n) is 2.35. The zero-order valence-electron chi connectivity index (χ0n) is 9.56. The van der Waals surface area contributed by atoms with E-state index in [1.54, 1.807) is 5.38 Å². The number of halogens is 2. The SMILES string of the molecule is NCc1sccc1S(=O)(=O)Nc1cc(Cl)ccc1F. The van der Waals surface area contributed by atoms with E-state index in [2.05, 4.69) is 4.72 Å². The maximum Gasteiger partial charge on any atom is 0.263 e. The van der Waals surface area contributed by atoms with Crippen molar-refractivity contribution in [2.75, 3.05) is 4.72 Å². The second kappa shape index (κ2) is 5.46. The van der Waals surface area contributed by atoms with Crippen LogP contribution in [0.2, 0.25) is 5.02 Å². The number of rotatable bonds is 4. The molecule has 4 nitrogen and oxygen atoms in total. The van der Waals surface area contributed by atoms with E-state index in [4.69, 9.17) is 17.3 Å². The van der Waals surface area contributed by atoms with Gasteiger partial charge in [-0.3, -0.25) is 4.72 Å². The van der Waals surface area contributed by atoms with Gasteiger partial charge in [-0.2, -0.15) is 0 Å². The third-order valence-corrected chi connectivity index (χ3v) is 5.11. The number of hydrogen-bond acceptors (Lipinski definition) is 4. The Morgan fingerprint density at radius 2 is 2.11 bits per heavy atom. The molecule has 0 bridgehead atoms. The highest BCUT2D eigenvalue weighted by atomic mass is 35.5. The summed E-state index contributed by atoms with van der Waals surface area (Å²) >= 11 is 6.94. The van der Waals surface area contributed by atoms with Crippen LogP contribution in [0.1, 0.15) is 4.88 Å². The molecule has 0 saturated carbocycles. The Labute approximate surface area is 119 Å². The monoisotopic (exact) mass is 320 g/mol. The zero-order chi connectivity index (χ0) is 14.0. The van der Waals surface area contributed by atoms with Crippen molar-refractivity contribution in [3.05, 3.63) is 45.4 Å². The Hall–Kier alpha value is -1.15. The molecule has 2 aromatic rings. The van der Waals surface area contributed by atoms with Crippen molar-refractivity contribution in [1.29, 1.82) is 0 Å². The second-order valence-corrected chi connectivity index (χ2v) is 6.73. The lowest BCUT2D eigenvalue weighted by molar-refractivity contribution is 0.598. The van der Waals surface area contributed by atoms with Gasteiger partial charge in [0.15, 0.2) is 0 Å². The maximum absolute atomic E-state index is 13.5. The van der Waals surface area contributed by atoms with Crippen molar-refractivity contribution >= 4 is 38.6 Å². The van der Waals surface area contributed by atoms with Crippen LogP contribution in [0.15, 0.2) is 34.5 Å². The smallest absolute Gasteiger partial charge is 0.263 e. The van der Waals surface area contributed by atoms with Crippen molar-refractivity contribution in [2.45, 2.75) is 11.4 Å². The molecule has 0 atom stereocenters. The lowest BCUT2D eigenvalue weighted by atomic mass is 10.3. The average molecular weight is 321 g/mol. The molecule has 2 rings (SSSR count). The van der Waals surface area contributed by atoms with Gasteiger partial charge in [0.05, 0.1) is 5.69 Å². The summed E-state index contributed by atoms with van der Waals surface area (Å²) in [6.07, 6.45) is 0.